The van der Waals surface area contributed by atoms with E-state index in [1.54, 1.807) is 0 Å². The second-order valence-electron chi connectivity index (χ2n) is 8.78. The van der Waals surface area contributed by atoms with Crippen LogP contribution in [0.25, 0.3) is 44.2 Å². The molecule has 0 unspecified atom stereocenters. The fourth-order valence-corrected chi connectivity index (χ4v) is 4.81. The van der Waals surface area contributed by atoms with Crippen LogP contribution in [0, 0.1) is 6.92 Å². The van der Waals surface area contributed by atoms with Gasteiger partial charge >= 0.3 is 0 Å². The van der Waals surface area contributed by atoms with Crippen LogP contribution in [0.3, 0.4) is 0 Å². The van der Waals surface area contributed by atoms with Crippen LogP contribution in [-0.2, 0) is 12.8 Å². The van der Waals surface area contributed by atoms with Gasteiger partial charge < -0.3 is 9.51 Å². The molecule has 0 aliphatic heterocycles. The number of H-pyrrole nitrogens is 1. The van der Waals surface area contributed by atoms with E-state index < -0.39 is 0 Å². The molecule has 0 amide bonds. The Hall–Kier alpha value is -3.47. The number of aryl methyl sites for hydroxylation is 3. The zero-order valence-corrected chi connectivity index (χ0v) is 18.7. The fourth-order valence-electron chi connectivity index (χ4n) is 4.81. The lowest BCUT2D eigenvalue weighted by Gasteiger charge is -2.13. The van der Waals surface area contributed by atoms with Crippen molar-refractivity contribution < 1.29 is 4.52 Å². The fraction of sp³-hybridized carbons (Fsp3) is 0.296. The monoisotopic (exact) mass is 422 g/mol. The smallest absolute Gasteiger partial charge is 0.144 e. The average Bonchev–Trinajstić information content (AvgIpc) is 3.44. The van der Waals surface area contributed by atoms with E-state index in [-0.39, 0.29) is 0 Å². The van der Waals surface area contributed by atoms with Crippen molar-refractivity contribution in [3.05, 3.63) is 65.4 Å². The Balaban J connectivity index is 1.70. The Kier molecular flexibility index (Phi) is 4.39. The molecule has 0 radical (unpaired) electrons. The Morgan fingerprint density at radius 2 is 1.94 bits per heavy atom. The van der Waals surface area contributed by atoms with Crippen LogP contribution in [0.5, 0.6) is 0 Å². The van der Waals surface area contributed by atoms with Gasteiger partial charge in [-0.25, -0.2) is 4.98 Å². The lowest BCUT2D eigenvalue weighted by Crippen LogP contribution is -1.93. The van der Waals surface area contributed by atoms with Crippen molar-refractivity contribution >= 4 is 21.9 Å². The third-order valence-corrected chi connectivity index (χ3v) is 6.61. The van der Waals surface area contributed by atoms with Crippen LogP contribution >= 0.6 is 0 Å². The van der Waals surface area contributed by atoms with Gasteiger partial charge in [0, 0.05) is 35.0 Å². The molecule has 1 N–H and O–H groups in total. The van der Waals surface area contributed by atoms with Crippen LogP contribution in [0.15, 0.2) is 47.1 Å². The van der Waals surface area contributed by atoms with Gasteiger partial charge in [0.05, 0.1) is 22.2 Å². The molecule has 5 nitrogen and oxygen atoms in total. The number of rotatable bonds is 5. The van der Waals surface area contributed by atoms with E-state index in [0.717, 1.165) is 68.7 Å². The maximum atomic E-state index is 5.71. The number of nitrogens with zero attached hydrogens (tertiary/aromatic N) is 3. The lowest BCUT2D eigenvalue weighted by molar-refractivity contribution is 0.381. The minimum Gasteiger partial charge on any atom is -0.360 e. The summed E-state index contributed by atoms with van der Waals surface area (Å²) in [4.78, 5) is 13.3. The summed E-state index contributed by atoms with van der Waals surface area (Å²) >= 11 is 0. The van der Waals surface area contributed by atoms with Crippen LogP contribution in [-0.4, -0.2) is 20.1 Å². The normalized spacial score (nSPS) is 14.0. The Bertz CT molecular complexity index is 1450. The van der Waals surface area contributed by atoms with Crippen molar-refractivity contribution in [2.45, 2.75) is 52.4 Å². The molecule has 5 heteroatoms. The first kappa shape index (κ1) is 19.2. The summed E-state index contributed by atoms with van der Waals surface area (Å²) in [5.41, 5.74) is 9.92. The molecule has 6 rings (SSSR count). The molecule has 1 fully saturated rings. The second-order valence-corrected chi connectivity index (χ2v) is 8.78. The zero-order chi connectivity index (χ0) is 21.8. The van der Waals surface area contributed by atoms with E-state index in [4.69, 9.17) is 9.51 Å². The molecule has 1 aliphatic carbocycles. The summed E-state index contributed by atoms with van der Waals surface area (Å²) in [6.07, 6.45) is 5.92. The molecular formula is C27H26N4O. The van der Waals surface area contributed by atoms with Crippen LogP contribution in [0.2, 0.25) is 0 Å². The summed E-state index contributed by atoms with van der Waals surface area (Å²) in [6, 6.07) is 12.9. The van der Waals surface area contributed by atoms with Gasteiger partial charge in [0.2, 0.25) is 0 Å². The second kappa shape index (κ2) is 7.30. The third kappa shape index (κ3) is 2.95. The number of aromatic nitrogens is 4. The largest absolute Gasteiger partial charge is 0.360 e. The highest BCUT2D eigenvalue weighted by Gasteiger charge is 2.28. The first-order valence-corrected chi connectivity index (χ1v) is 11.5. The van der Waals surface area contributed by atoms with Gasteiger partial charge in [0.1, 0.15) is 11.6 Å². The highest BCUT2D eigenvalue weighted by molar-refractivity contribution is 6.05. The number of nitrogens with one attached hydrogen (secondary N) is 1. The molecule has 160 valence electrons. The van der Waals surface area contributed by atoms with Gasteiger partial charge in [-0.15, -0.1) is 0 Å². The molecule has 0 spiro atoms. The molecule has 0 atom stereocenters. The maximum absolute atomic E-state index is 5.71. The standard InChI is InChI=1S/C27H26N4O/c1-4-20-25(23(5-2)32-31-20)17-13-19(26-22(14-17)29-27(30-26)16-9-10-16)24-15(3)8-11-21-18(24)7-6-12-28-21/h6-8,11-14,16H,4-5,9-10H2,1-3H3,(H,29,30). The van der Waals surface area contributed by atoms with Gasteiger partial charge in [-0.05, 0) is 67.1 Å². The van der Waals surface area contributed by atoms with Crippen molar-refractivity contribution in [3.63, 3.8) is 0 Å². The quantitative estimate of drug-likeness (QED) is 0.340. The molecule has 0 saturated heterocycles. The number of pyridine rings is 1. The van der Waals surface area contributed by atoms with Crippen molar-refractivity contribution in [1.82, 2.24) is 20.1 Å². The Morgan fingerprint density at radius 3 is 2.72 bits per heavy atom. The number of hydrogen-bond donors (Lipinski definition) is 1. The van der Waals surface area contributed by atoms with Crippen molar-refractivity contribution in [2.24, 2.45) is 0 Å². The average molecular weight is 423 g/mol. The minimum absolute atomic E-state index is 0.557. The molecule has 3 heterocycles. The summed E-state index contributed by atoms with van der Waals surface area (Å²) in [6.45, 7) is 6.41. The molecule has 1 saturated carbocycles. The molecule has 5 aromatic rings. The predicted molar refractivity (Wildman–Crippen MR) is 128 cm³/mol. The van der Waals surface area contributed by atoms with Gasteiger partial charge in [0.15, 0.2) is 0 Å². The maximum Gasteiger partial charge on any atom is 0.144 e. The first-order valence-electron chi connectivity index (χ1n) is 11.5. The molecule has 2 aromatic carbocycles. The SMILES string of the molecule is CCc1noc(CC)c1-c1cc(-c2c(C)ccc3ncccc23)c2nc(C3CC3)[nH]c2c1. The summed E-state index contributed by atoms with van der Waals surface area (Å²) < 4.78 is 5.71. The summed E-state index contributed by atoms with van der Waals surface area (Å²) in [7, 11) is 0. The van der Waals surface area contributed by atoms with Crippen molar-refractivity contribution in [3.8, 4) is 22.3 Å². The molecule has 32 heavy (non-hydrogen) atoms. The number of imidazole rings is 1. The van der Waals surface area contributed by atoms with Gasteiger partial charge in [0.25, 0.3) is 0 Å². The topological polar surface area (TPSA) is 67.6 Å². The molecular weight excluding hydrogens is 396 g/mol. The number of benzene rings is 2. The Labute approximate surface area is 186 Å². The van der Waals surface area contributed by atoms with Crippen molar-refractivity contribution in [2.75, 3.05) is 0 Å². The van der Waals surface area contributed by atoms with E-state index in [0.29, 0.717) is 5.92 Å². The Morgan fingerprint density at radius 1 is 1.06 bits per heavy atom. The number of fused-ring (bicyclic) bond motifs is 2. The van der Waals surface area contributed by atoms with Crippen LogP contribution in [0.1, 0.15) is 55.4 Å². The van der Waals surface area contributed by atoms with Crippen LogP contribution in [0.4, 0.5) is 0 Å². The predicted octanol–water partition coefficient (Wildman–Crippen LogP) is 6.74. The van der Waals surface area contributed by atoms with Gasteiger partial charge in [-0.3, -0.25) is 4.98 Å². The molecule has 0 bridgehead atoms. The third-order valence-electron chi connectivity index (χ3n) is 6.61. The molecule has 1 aliphatic rings. The molecule has 3 aromatic heterocycles. The first-order chi connectivity index (χ1) is 15.7. The minimum atomic E-state index is 0.557. The highest BCUT2D eigenvalue weighted by Crippen LogP contribution is 2.43. The van der Waals surface area contributed by atoms with Gasteiger partial charge in [-0.1, -0.05) is 31.1 Å². The van der Waals surface area contributed by atoms with Gasteiger partial charge in [-0.2, -0.15) is 0 Å². The summed E-state index contributed by atoms with van der Waals surface area (Å²) in [5, 5.41) is 5.52. The van der Waals surface area contributed by atoms with Crippen molar-refractivity contribution in [1.29, 1.82) is 0 Å². The summed E-state index contributed by atoms with van der Waals surface area (Å²) in [5.74, 6) is 2.60. The zero-order valence-electron chi connectivity index (χ0n) is 18.7. The van der Waals surface area contributed by atoms with Crippen LogP contribution < -0.4 is 0 Å². The lowest BCUT2D eigenvalue weighted by atomic mass is 9.91. The van der Waals surface area contributed by atoms with E-state index in [2.05, 4.69) is 66.2 Å². The highest BCUT2D eigenvalue weighted by atomic mass is 16.5. The number of aromatic amines is 1. The van der Waals surface area contributed by atoms with E-state index >= 15 is 0 Å². The number of hydrogen-bond acceptors (Lipinski definition) is 4. The van der Waals surface area contributed by atoms with E-state index in [1.807, 2.05) is 12.3 Å². The van der Waals surface area contributed by atoms with E-state index in [9.17, 15) is 0 Å². The van der Waals surface area contributed by atoms with E-state index in [1.165, 1.54) is 24.0 Å².